The second-order valence-electron chi connectivity index (χ2n) is 9.57. The van der Waals surface area contributed by atoms with Crippen LogP contribution in [-0.4, -0.2) is 19.6 Å². The number of ether oxygens (including phenoxy) is 3. The fourth-order valence-electron chi connectivity index (χ4n) is 4.86. The van der Waals surface area contributed by atoms with Crippen molar-refractivity contribution in [1.29, 1.82) is 0 Å². The zero-order chi connectivity index (χ0) is 29.1. The second-order valence-corrected chi connectivity index (χ2v) is 9.57. The summed E-state index contributed by atoms with van der Waals surface area (Å²) < 4.78 is 123. The van der Waals surface area contributed by atoms with Crippen LogP contribution in [0.25, 0.3) is 11.1 Å². The highest BCUT2D eigenvalue weighted by Gasteiger charge is 2.41. The van der Waals surface area contributed by atoms with Crippen LogP contribution < -0.4 is 9.47 Å². The maximum Gasteiger partial charge on any atom is 0.573 e. The van der Waals surface area contributed by atoms with Crippen LogP contribution in [0, 0.1) is 23.4 Å². The van der Waals surface area contributed by atoms with Crippen LogP contribution in [0.2, 0.25) is 0 Å². The first-order valence-electron chi connectivity index (χ1n) is 12.7. The average Bonchev–Trinajstić information content (AvgIpc) is 2.88. The fourth-order valence-corrected chi connectivity index (χ4v) is 4.86. The molecule has 0 heterocycles. The molecule has 11 heteroatoms. The SMILES string of the molecule is CCOCC1CCC(c2ccc(-c3cc(F)c(C(F)(F)Oc4ccc(OC(F)(F)F)c(F)c4)c(F)c3)cc2)CC1. The Kier molecular flexibility index (Phi) is 8.92. The molecule has 1 saturated carbocycles. The van der Waals surface area contributed by atoms with Crippen molar-refractivity contribution in [2.75, 3.05) is 13.2 Å². The van der Waals surface area contributed by atoms with Gasteiger partial charge in [0.1, 0.15) is 22.9 Å². The molecule has 0 amide bonds. The van der Waals surface area contributed by atoms with E-state index in [9.17, 15) is 35.1 Å². The molecular weight excluding hydrogens is 548 g/mol. The summed E-state index contributed by atoms with van der Waals surface area (Å²) in [5, 5.41) is 0. The third-order valence-corrected chi connectivity index (χ3v) is 6.83. The molecular formula is C29H26F8O3. The highest BCUT2D eigenvalue weighted by atomic mass is 19.4. The largest absolute Gasteiger partial charge is 0.573 e. The van der Waals surface area contributed by atoms with E-state index in [0.717, 1.165) is 50.0 Å². The van der Waals surface area contributed by atoms with Gasteiger partial charge >= 0.3 is 12.5 Å². The monoisotopic (exact) mass is 574 g/mol. The van der Waals surface area contributed by atoms with E-state index in [1.807, 2.05) is 19.1 Å². The molecule has 0 saturated heterocycles. The van der Waals surface area contributed by atoms with Crippen LogP contribution in [-0.2, 0) is 10.8 Å². The van der Waals surface area contributed by atoms with Crippen molar-refractivity contribution in [3.05, 3.63) is 83.2 Å². The van der Waals surface area contributed by atoms with Crippen LogP contribution in [0.4, 0.5) is 35.1 Å². The minimum atomic E-state index is -5.22. The van der Waals surface area contributed by atoms with Crippen LogP contribution in [0.15, 0.2) is 54.6 Å². The lowest BCUT2D eigenvalue weighted by molar-refractivity contribution is -0.275. The normalized spacial score (nSPS) is 18.0. The molecule has 216 valence electrons. The molecule has 0 N–H and O–H groups in total. The Labute approximate surface area is 225 Å². The molecule has 1 aliphatic carbocycles. The lowest BCUT2D eigenvalue weighted by Crippen LogP contribution is -2.25. The van der Waals surface area contributed by atoms with Gasteiger partial charge in [-0.1, -0.05) is 24.3 Å². The van der Waals surface area contributed by atoms with Crippen LogP contribution in [0.3, 0.4) is 0 Å². The average molecular weight is 575 g/mol. The molecule has 0 aliphatic heterocycles. The highest BCUT2D eigenvalue weighted by molar-refractivity contribution is 5.64. The standard InChI is InChI=1S/C29H26F8O3/c1-2-38-16-17-3-5-18(6-4-17)19-7-9-20(10-8-19)21-13-24(31)27(25(32)14-21)28(33,34)39-22-11-12-26(23(30)15-22)40-29(35,36)37/h7-15,17-18H,2-6,16H2,1H3. The van der Waals surface area contributed by atoms with Crippen molar-refractivity contribution in [2.45, 2.75) is 51.0 Å². The van der Waals surface area contributed by atoms with E-state index >= 15 is 0 Å². The van der Waals surface area contributed by atoms with Gasteiger partial charge in [0, 0.05) is 19.3 Å². The first-order chi connectivity index (χ1) is 18.9. The molecule has 4 rings (SSSR count). The summed E-state index contributed by atoms with van der Waals surface area (Å²) in [6, 6.07) is 9.63. The first kappa shape index (κ1) is 29.6. The van der Waals surface area contributed by atoms with Gasteiger partial charge in [-0.3, -0.25) is 0 Å². The van der Waals surface area contributed by atoms with Crippen molar-refractivity contribution in [3.8, 4) is 22.6 Å². The van der Waals surface area contributed by atoms with Gasteiger partial charge in [-0.25, -0.2) is 13.2 Å². The molecule has 0 spiro atoms. The maximum atomic E-state index is 14.8. The van der Waals surface area contributed by atoms with Crippen molar-refractivity contribution in [1.82, 2.24) is 0 Å². The zero-order valence-corrected chi connectivity index (χ0v) is 21.3. The lowest BCUT2D eigenvalue weighted by Gasteiger charge is -2.28. The van der Waals surface area contributed by atoms with Gasteiger partial charge in [0.25, 0.3) is 0 Å². The summed E-state index contributed by atoms with van der Waals surface area (Å²) in [6.07, 6.45) is -5.77. The molecule has 0 atom stereocenters. The molecule has 1 aliphatic rings. The van der Waals surface area contributed by atoms with E-state index in [2.05, 4.69) is 9.47 Å². The summed E-state index contributed by atoms with van der Waals surface area (Å²) >= 11 is 0. The molecule has 3 aromatic carbocycles. The Balaban J connectivity index is 1.47. The highest BCUT2D eigenvalue weighted by Crippen LogP contribution is 2.40. The summed E-state index contributed by atoms with van der Waals surface area (Å²) in [4.78, 5) is 0. The molecule has 40 heavy (non-hydrogen) atoms. The number of halogens is 8. The minimum absolute atomic E-state index is 0.0150. The number of benzene rings is 3. The van der Waals surface area contributed by atoms with Crippen molar-refractivity contribution in [2.24, 2.45) is 5.92 Å². The lowest BCUT2D eigenvalue weighted by atomic mass is 9.79. The molecule has 3 aromatic rings. The topological polar surface area (TPSA) is 27.7 Å². The minimum Gasteiger partial charge on any atom is -0.429 e. The van der Waals surface area contributed by atoms with Crippen molar-refractivity contribution in [3.63, 3.8) is 0 Å². The zero-order valence-electron chi connectivity index (χ0n) is 21.3. The van der Waals surface area contributed by atoms with E-state index in [-0.39, 0.29) is 11.6 Å². The Morgan fingerprint density at radius 3 is 1.90 bits per heavy atom. The Bertz CT molecular complexity index is 1280. The van der Waals surface area contributed by atoms with E-state index in [4.69, 9.17) is 4.74 Å². The predicted molar refractivity (Wildman–Crippen MR) is 131 cm³/mol. The number of alkyl halides is 5. The van der Waals surface area contributed by atoms with Crippen molar-refractivity contribution < 1.29 is 49.3 Å². The quantitative estimate of drug-likeness (QED) is 0.239. The van der Waals surface area contributed by atoms with Gasteiger partial charge in [0.05, 0.1) is 0 Å². The van der Waals surface area contributed by atoms with E-state index in [0.29, 0.717) is 36.1 Å². The van der Waals surface area contributed by atoms with Crippen LogP contribution in [0.5, 0.6) is 11.5 Å². The van der Waals surface area contributed by atoms with E-state index < -0.39 is 47.0 Å². The van der Waals surface area contributed by atoms with Crippen molar-refractivity contribution >= 4 is 0 Å². The summed E-state index contributed by atoms with van der Waals surface area (Å²) in [7, 11) is 0. The Hall–Kier alpha value is -3.34. The van der Waals surface area contributed by atoms with Gasteiger partial charge in [-0.05, 0) is 85.4 Å². The van der Waals surface area contributed by atoms with Gasteiger partial charge < -0.3 is 14.2 Å². The first-order valence-corrected chi connectivity index (χ1v) is 12.7. The predicted octanol–water partition coefficient (Wildman–Crippen LogP) is 9.11. The molecule has 0 aromatic heterocycles. The van der Waals surface area contributed by atoms with Crippen LogP contribution >= 0.6 is 0 Å². The molecule has 1 fully saturated rings. The molecule has 3 nitrogen and oxygen atoms in total. The molecule has 0 radical (unpaired) electrons. The Morgan fingerprint density at radius 2 is 1.35 bits per heavy atom. The van der Waals surface area contributed by atoms with Gasteiger partial charge in [0.15, 0.2) is 11.6 Å². The van der Waals surface area contributed by atoms with E-state index in [1.54, 1.807) is 12.1 Å². The number of hydrogen-bond acceptors (Lipinski definition) is 3. The van der Waals surface area contributed by atoms with Crippen LogP contribution in [0.1, 0.15) is 49.7 Å². The van der Waals surface area contributed by atoms with Gasteiger partial charge in [0.2, 0.25) is 0 Å². The van der Waals surface area contributed by atoms with E-state index in [1.165, 1.54) is 0 Å². The number of rotatable bonds is 9. The summed E-state index contributed by atoms with van der Waals surface area (Å²) in [6.45, 7) is 3.40. The third-order valence-electron chi connectivity index (χ3n) is 6.83. The molecule has 0 bridgehead atoms. The maximum absolute atomic E-state index is 14.8. The number of hydrogen-bond donors (Lipinski definition) is 0. The smallest absolute Gasteiger partial charge is 0.429 e. The molecule has 0 unspecified atom stereocenters. The fraction of sp³-hybridized carbons (Fsp3) is 0.379. The third kappa shape index (κ3) is 7.24. The van der Waals surface area contributed by atoms with Gasteiger partial charge in [-0.2, -0.15) is 8.78 Å². The second kappa shape index (κ2) is 12.0. The Morgan fingerprint density at radius 1 is 0.725 bits per heavy atom. The summed E-state index contributed by atoms with van der Waals surface area (Å²) in [5.74, 6) is -6.28. The summed E-state index contributed by atoms with van der Waals surface area (Å²) in [5.41, 5.74) is -0.228. The van der Waals surface area contributed by atoms with Gasteiger partial charge in [-0.15, -0.1) is 13.2 Å².